The Morgan fingerprint density at radius 1 is 1.31 bits per heavy atom. The van der Waals surface area contributed by atoms with E-state index in [0.717, 1.165) is 19.3 Å². The van der Waals surface area contributed by atoms with E-state index in [-0.39, 0.29) is 18.3 Å². The molecule has 0 spiro atoms. The third-order valence-corrected chi connectivity index (χ3v) is 3.10. The molecule has 0 heterocycles. The van der Waals surface area contributed by atoms with Crippen LogP contribution in [-0.4, -0.2) is 19.0 Å². The standard InChI is InChI=1S/C14H18O2/c1-2-7-16-10-14(15)13-8-11-5-3-4-6-12(11)9-13/h3-6,13H,2,7-10H2,1H3. The van der Waals surface area contributed by atoms with Crippen LogP contribution >= 0.6 is 0 Å². The fourth-order valence-corrected chi connectivity index (χ4v) is 2.22. The smallest absolute Gasteiger partial charge is 0.162 e. The molecule has 0 N–H and O–H groups in total. The van der Waals surface area contributed by atoms with Gasteiger partial charge >= 0.3 is 0 Å². The summed E-state index contributed by atoms with van der Waals surface area (Å²) in [6.07, 6.45) is 2.76. The minimum absolute atomic E-state index is 0.147. The summed E-state index contributed by atoms with van der Waals surface area (Å²) in [6.45, 7) is 3.02. The fraction of sp³-hybridized carbons (Fsp3) is 0.500. The molecule has 0 unspecified atom stereocenters. The van der Waals surface area contributed by atoms with Crippen molar-refractivity contribution in [1.29, 1.82) is 0 Å². The number of rotatable bonds is 5. The highest BCUT2D eigenvalue weighted by atomic mass is 16.5. The van der Waals surface area contributed by atoms with Crippen molar-refractivity contribution in [3.8, 4) is 0 Å². The third kappa shape index (κ3) is 2.50. The number of ketones is 1. The van der Waals surface area contributed by atoms with Crippen LogP contribution in [-0.2, 0) is 22.4 Å². The van der Waals surface area contributed by atoms with Gasteiger partial charge in [0.2, 0.25) is 0 Å². The Morgan fingerprint density at radius 2 is 1.94 bits per heavy atom. The maximum absolute atomic E-state index is 11.9. The van der Waals surface area contributed by atoms with E-state index in [1.807, 2.05) is 12.1 Å². The van der Waals surface area contributed by atoms with Crippen LogP contribution < -0.4 is 0 Å². The molecule has 1 aromatic rings. The molecule has 0 saturated carbocycles. The van der Waals surface area contributed by atoms with Gasteiger partial charge < -0.3 is 4.74 Å². The Labute approximate surface area is 96.6 Å². The van der Waals surface area contributed by atoms with Gasteiger partial charge in [-0.3, -0.25) is 4.79 Å². The van der Waals surface area contributed by atoms with Gasteiger partial charge in [-0.25, -0.2) is 0 Å². The number of carbonyl (C=O) groups is 1. The van der Waals surface area contributed by atoms with Crippen LogP contribution in [0.15, 0.2) is 24.3 Å². The van der Waals surface area contributed by atoms with Crippen molar-refractivity contribution in [1.82, 2.24) is 0 Å². The average molecular weight is 218 g/mol. The van der Waals surface area contributed by atoms with Crippen molar-refractivity contribution in [2.45, 2.75) is 26.2 Å². The van der Waals surface area contributed by atoms with Crippen molar-refractivity contribution < 1.29 is 9.53 Å². The Morgan fingerprint density at radius 3 is 2.50 bits per heavy atom. The number of carbonyl (C=O) groups excluding carboxylic acids is 1. The Kier molecular flexibility index (Phi) is 3.73. The van der Waals surface area contributed by atoms with Crippen molar-refractivity contribution in [2.24, 2.45) is 5.92 Å². The molecule has 0 radical (unpaired) electrons. The van der Waals surface area contributed by atoms with Gasteiger partial charge in [-0.1, -0.05) is 31.2 Å². The zero-order valence-electron chi connectivity index (χ0n) is 9.74. The second-order valence-corrected chi connectivity index (χ2v) is 4.39. The van der Waals surface area contributed by atoms with E-state index < -0.39 is 0 Å². The summed E-state index contributed by atoms with van der Waals surface area (Å²) in [5.74, 6) is 0.402. The highest BCUT2D eigenvalue weighted by Crippen LogP contribution is 2.26. The summed E-state index contributed by atoms with van der Waals surface area (Å²) in [5, 5.41) is 0. The molecule has 0 atom stereocenters. The van der Waals surface area contributed by atoms with Gasteiger partial charge in [0.05, 0.1) is 0 Å². The summed E-state index contributed by atoms with van der Waals surface area (Å²) in [6, 6.07) is 8.32. The van der Waals surface area contributed by atoms with Gasteiger partial charge in [0, 0.05) is 12.5 Å². The first-order valence-corrected chi connectivity index (χ1v) is 5.98. The predicted molar refractivity (Wildman–Crippen MR) is 63.5 cm³/mol. The molecule has 0 aliphatic heterocycles. The second kappa shape index (κ2) is 5.26. The second-order valence-electron chi connectivity index (χ2n) is 4.39. The van der Waals surface area contributed by atoms with Crippen LogP contribution in [0.4, 0.5) is 0 Å². The van der Waals surface area contributed by atoms with Crippen LogP contribution in [0.1, 0.15) is 24.5 Å². The Balaban J connectivity index is 1.88. The molecule has 2 nitrogen and oxygen atoms in total. The molecule has 86 valence electrons. The molecule has 2 heteroatoms. The third-order valence-electron chi connectivity index (χ3n) is 3.10. The summed E-state index contributed by atoms with van der Waals surface area (Å²) in [5.41, 5.74) is 2.66. The number of fused-ring (bicyclic) bond motifs is 1. The molecule has 0 bridgehead atoms. The van der Waals surface area contributed by atoms with E-state index in [9.17, 15) is 4.79 Å². The topological polar surface area (TPSA) is 26.3 Å². The van der Waals surface area contributed by atoms with Gasteiger partial charge in [0.15, 0.2) is 5.78 Å². The number of hydrogen-bond acceptors (Lipinski definition) is 2. The number of ether oxygens (including phenoxy) is 1. The molecular weight excluding hydrogens is 200 g/mol. The molecule has 1 aliphatic carbocycles. The van der Waals surface area contributed by atoms with E-state index in [1.165, 1.54) is 11.1 Å². The molecule has 0 amide bonds. The van der Waals surface area contributed by atoms with Gasteiger partial charge in [0.1, 0.15) is 6.61 Å². The first-order chi connectivity index (χ1) is 7.81. The minimum atomic E-state index is 0.147. The van der Waals surface area contributed by atoms with Crippen molar-refractivity contribution in [3.63, 3.8) is 0 Å². The lowest BCUT2D eigenvalue weighted by atomic mass is 10.0. The predicted octanol–water partition coefficient (Wildman–Crippen LogP) is 2.40. The highest BCUT2D eigenvalue weighted by molar-refractivity contribution is 5.83. The number of benzene rings is 1. The molecule has 0 fully saturated rings. The SMILES string of the molecule is CCCOCC(=O)C1Cc2ccccc2C1. The normalized spacial score (nSPS) is 15.1. The largest absolute Gasteiger partial charge is 0.374 e. The minimum Gasteiger partial charge on any atom is -0.374 e. The lowest BCUT2D eigenvalue weighted by molar-refractivity contribution is -0.127. The lowest BCUT2D eigenvalue weighted by Crippen LogP contribution is -2.20. The summed E-state index contributed by atoms with van der Waals surface area (Å²) in [7, 11) is 0. The first kappa shape index (κ1) is 11.3. The van der Waals surface area contributed by atoms with Crippen molar-refractivity contribution >= 4 is 5.78 Å². The van der Waals surface area contributed by atoms with E-state index in [2.05, 4.69) is 19.1 Å². The molecule has 2 rings (SSSR count). The first-order valence-electron chi connectivity index (χ1n) is 5.98. The van der Waals surface area contributed by atoms with E-state index >= 15 is 0 Å². The van der Waals surface area contributed by atoms with Gasteiger partial charge in [-0.15, -0.1) is 0 Å². The lowest BCUT2D eigenvalue weighted by Gasteiger charge is -2.07. The highest BCUT2D eigenvalue weighted by Gasteiger charge is 2.26. The van der Waals surface area contributed by atoms with Crippen molar-refractivity contribution in [3.05, 3.63) is 35.4 Å². The maximum atomic E-state index is 11.9. The van der Waals surface area contributed by atoms with E-state index in [4.69, 9.17) is 4.74 Å². The van der Waals surface area contributed by atoms with Crippen LogP contribution in [0.2, 0.25) is 0 Å². The molecule has 16 heavy (non-hydrogen) atoms. The Hall–Kier alpha value is -1.15. The number of Topliss-reactive ketones (excluding diaryl/α,β-unsaturated/α-hetero) is 1. The van der Waals surface area contributed by atoms with E-state index in [1.54, 1.807) is 0 Å². The summed E-state index contributed by atoms with van der Waals surface area (Å²) in [4.78, 5) is 11.9. The molecule has 0 saturated heterocycles. The molecule has 1 aromatic carbocycles. The van der Waals surface area contributed by atoms with Gasteiger partial charge in [-0.05, 0) is 30.4 Å². The van der Waals surface area contributed by atoms with Gasteiger partial charge in [-0.2, -0.15) is 0 Å². The van der Waals surface area contributed by atoms with Crippen LogP contribution in [0.5, 0.6) is 0 Å². The van der Waals surface area contributed by atoms with Crippen LogP contribution in [0.25, 0.3) is 0 Å². The zero-order chi connectivity index (χ0) is 11.4. The maximum Gasteiger partial charge on any atom is 0.162 e. The van der Waals surface area contributed by atoms with Crippen LogP contribution in [0.3, 0.4) is 0 Å². The quantitative estimate of drug-likeness (QED) is 0.709. The summed E-state index contributed by atoms with van der Waals surface area (Å²) < 4.78 is 5.31. The number of hydrogen-bond donors (Lipinski definition) is 0. The Bertz CT molecular complexity index is 346. The molecule has 1 aliphatic rings. The fourth-order valence-electron chi connectivity index (χ4n) is 2.22. The average Bonchev–Trinajstić information content (AvgIpc) is 2.73. The molecular formula is C14H18O2. The monoisotopic (exact) mass is 218 g/mol. The summed E-state index contributed by atoms with van der Waals surface area (Å²) >= 11 is 0. The van der Waals surface area contributed by atoms with Gasteiger partial charge in [0.25, 0.3) is 0 Å². The van der Waals surface area contributed by atoms with E-state index in [0.29, 0.717) is 6.61 Å². The zero-order valence-corrected chi connectivity index (χ0v) is 9.74. The molecule has 0 aromatic heterocycles. The van der Waals surface area contributed by atoms with Crippen molar-refractivity contribution in [2.75, 3.05) is 13.2 Å². The van der Waals surface area contributed by atoms with Crippen LogP contribution in [0, 0.1) is 5.92 Å².